The van der Waals surface area contributed by atoms with Gasteiger partial charge in [-0.2, -0.15) is 0 Å². The third kappa shape index (κ3) is 4.82. The van der Waals surface area contributed by atoms with E-state index < -0.39 is 0 Å². The fourth-order valence-corrected chi connectivity index (χ4v) is 3.33. The molecule has 1 aliphatic rings. The minimum atomic E-state index is -0.0582. The number of carbonyl (C=O) groups is 1. The molecule has 0 aliphatic carbocycles. The fourth-order valence-electron chi connectivity index (χ4n) is 3.33. The third-order valence-electron chi connectivity index (χ3n) is 4.67. The molecule has 142 valence electrons. The molecule has 0 spiro atoms. The van der Waals surface area contributed by atoms with Crippen LogP contribution >= 0.6 is 0 Å². The van der Waals surface area contributed by atoms with Gasteiger partial charge in [-0.15, -0.1) is 0 Å². The number of rotatable bonds is 7. The number of ether oxygens (including phenoxy) is 2. The van der Waals surface area contributed by atoms with Gasteiger partial charge in [0.1, 0.15) is 18.1 Å². The van der Waals surface area contributed by atoms with Crippen LogP contribution in [0.1, 0.15) is 23.2 Å². The Morgan fingerprint density at radius 1 is 1.26 bits per heavy atom. The first-order valence-corrected chi connectivity index (χ1v) is 9.24. The Morgan fingerprint density at radius 2 is 2.04 bits per heavy atom. The molecule has 0 bridgehead atoms. The minimum Gasteiger partial charge on any atom is -0.495 e. The summed E-state index contributed by atoms with van der Waals surface area (Å²) < 4.78 is 10.9. The molecule has 5 heteroatoms. The van der Waals surface area contributed by atoms with E-state index >= 15 is 0 Å². The molecule has 1 heterocycles. The largest absolute Gasteiger partial charge is 0.495 e. The van der Waals surface area contributed by atoms with Crippen LogP contribution in [0.2, 0.25) is 0 Å². The van der Waals surface area contributed by atoms with E-state index in [1.54, 1.807) is 37.5 Å². The first-order valence-electron chi connectivity index (χ1n) is 9.24. The standard InChI is InChI=1S/C22H26N2O3/c1-3-15-27-19-12-10-17(11-13-19)22(25)23-18-7-6-14-24(16-18)20-8-4-5-9-21(20)26-2/h3-5,8-13,18H,1,6-7,14-16H2,2H3,(H,23,25). The van der Waals surface area contributed by atoms with Crippen LogP contribution in [-0.4, -0.2) is 38.8 Å². The second kappa shape index (κ2) is 9.12. The molecule has 1 atom stereocenters. The molecular formula is C22H26N2O3. The Kier molecular flexibility index (Phi) is 6.36. The summed E-state index contributed by atoms with van der Waals surface area (Å²) in [6, 6.07) is 15.3. The highest BCUT2D eigenvalue weighted by atomic mass is 16.5. The van der Waals surface area contributed by atoms with E-state index in [4.69, 9.17) is 9.47 Å². The van der Waals surface area contributed by atoms with Crippen LogP contribution in [0.5, 0.6) is 11.5 Å². The molecule has 0 saturated carbocycles. The van der Waals surface area contributed by atoms with E-state index in [1.807, 2.05) is 18.2 Å². The highest BCUT2D eigenvalue weighted by Crippen LogP contribution is 2.30. The molecule has 1 amide bonds. The summed E-state index contributed by atoms with van der Waals surface area (Å²) in [5, 5.41) is 3.16. The van der Waals surface area contributed by atoms with Crippen molar-refractivity contribution in [3.05, 3.63) is 66.7 Å². The number of benzene rings is 2. The monoisotopic (exact) mass is 366 g/mol. The fraction of sp³-hybridized carbons (Fsp3) is 0.318. The van der Waals surface area contributed by atoms with Gasteiger partial charge in [0.25, 0.3) is 5.91 Å². The molecule has 5 nitrogen and oxygen atoms in total. The summed E-state index contributed by atoms with van der Waals surface area (Å²) >= 11 is 0. The van der Waals surface area contributed by atoms with E-state index in [9.17, 15) is 4.79 Å². The normalized spacial score (nSPS) is 16.5. The van der Waals surface area contributed by atoms with Crippen LogP contribution in [-0.2, 0) is 0 Å². The predicted molar refractivity (Wildman–Crippen MR) is 108 cm³/mol. The number of hydrogen-bond donors (Lipinski definition) is 1. The summed E-state index contributed by atoms with van der Waals surface area (Å²) in [6.45, 7) is 5.81. The zero-order valence-corrected chi connectivity index (χ0v) is 15.7. The molecule has 3 rings (SSSR count). The Hall–Kier alpha value is -2.95. The highest BCUT2D eigenvalue weighted by Gasteiger charge is 2.23. The molecule has 1 fully saturated rings. The summed E-state index contributed by atoms with van der Waals surface area (Å²) in [5.41, 5.74) is 1.71. The van der Waals surface area contributed by atoms with Gasteiger partial charge in [-0.3, -0.25) is 4.79 Å². The quantitative estimate of drug-likeness (QED) is 0.760. The summed E-state index contributed by atoms with van der Waals surface area (Å²) in [4.78, 5) is 14.9. The van der Waals surface area contributed by atoms with E-state index in [-0.39, 0.29) is 11.9 Å². The number of nitrogens with one attached hydrogen (secondary N) is 1. The molecule has 2 aromatic rings. The van der Waals surface area contributed by atoms with Gasteiger partial charge in [-0.25, -0.2) is 0 Å². The lowest BCUT2D eigenvalue weighted by molar-refractivity contribution is 0.0933. The lowest BCUT2D eigenvalue weighted by Crippen LogP contribution is -2.47. The van der Waals surface area contributed by atoms with Crippen LogP contribution in [0.3, 0.4) is 0 Å². The predicted octanol–water partition coefficient (Wildman–Crippen LogP) is 3.66. The van der Waals surface area contributed by atoms with E-state index in [0.717, 1.165) is 43.1 Å². The number of amides is 1. The van der Waals surface area contributed by atoms with Gasteiger partial charge < -0.3 is 19.7 Å². The molecule has 0 radical (unpaired) electrons. The van der Waals surface area contributed by atoms with Crippen LogP contribution in [0.15, 0.2) is 61.2 Å². The molecule has 1 aliphatic heterocycles. The number of methoxy groups -OCH3 is 1. The van der Waals surface area contributed by atoms with E-state index in [2.05, 4.69) is 22.9 Å². The van der Waals surface area contributed by atoms with Gasteiger partial charge in [-0.1, -0.05) is 24.8 Å². The van der Waals surface area contributed by atoms with Crippen molar-refractivity contribution in [2.45, 2.75) is 18.9 Å². The Labute approximate surface area is 160 Å². The van der Waals surface area contributed by atoms with Gasteiger partial charge in [-0.05, 0) is 49.2 Å². The summed E-state index contributed by atoms with van der Waals surface area (Å²) in [7, 11) is 1.68. The lowest BCUT2D eigenvalue weighted by atomic mass is 10.0. The zero-order chi connectivity index (χ0) is 19.1. The smallest absolute Gasteiger partial charge is 0.251 e. The van der Waals surface area contributed by atoms with Crippen molar-refractivity contribution >= 4 is 11.6 Å². The maximum absolute atomic E-state index is 12.6. The number of hydrogen-bond acceptors (Lipinski definition) is 4. The zero-order valence-electron chi connectivity index (χ0n) is 15.7. The van der Waals surface area contributed by atoms with Gasteiger partial charge in [0.2, 0.25) is 0 Å². The molecule has 27 heavy (non-hydrogen) atoms. The second-order valence-corrected chi connectivity index (χ2v) is 6.55. The van der Waals surface area contributed by atoms with Crippen molar-refractivity contribution in [2.75, 3.05) is 31.7 Å². The number of nitrogens with zero attached hydrogens (tertiary/aromatic N) is 1. The maximum Gasteiger partial charge on any atom is 0.251 e. The first-order chi connectivity index (χ1) is 13.2. The van der Waals surface area contributed by atoms with Gasteiger partial charge >= 0.3 is 0 Å². The van der Waals surface area contributed by atoms with Crippen molar-refractivity contribution in [2.24, 2.45) is 0 Å². The maximum atomic E-state index is 12.6. The van der Waals surface area contributed by atoms with Crippen molar-refractivity contribution < 1.29 is 14.3 Å². The van der Waals surface area contributed by atoms with Crippen molar-refractivity contribution in [1.29, 1.82) is 0 Å². The average molecular weight is 366 g/mol. The molecular weight excluding hydrogens is 340 g/mol. The topological polar surface area (TPSA) is 50.8 Å². The highest BCUT2D eigenvalue weighted by molar-refractivity contribution is 5.94. The van der Waals surface area contributed by atoms with Gasteiger partial charge in [0.05, 0.1) is 12.8 Å². The minimum absolute atomic E-state index is 0.0582. The molecule has 1 saturated heterocycles. The van der Waals surface area contributed by atoms with Gasteiger partial charge in [0.15, 0.2) is 0 Å². The third-order valence-corrected chi connectivity index (χ3v) is 4.67. The number of para-hydroxylation sites is 2. The molecule has 1 unspecified atom stereocenters. The average Bonchev–Trinajstić information content (AvgIpc) is 2.72. The van der Waals surface area contributed by atoms with Gasteiger partial charge in [0, 0.05) is 24.7 Å². The summed E-state index contributed by atoms with van der Waals surface area (Å²) in [6.07, 6.45) is 3.69. The van der Waals surface area contributed by atoms with E-state index in [1.165, 1.54) is 0 Å². The Balaban J connectivity index is 1.61. The lowest BCUT2D eigenvalue weighted by Gasteiger charge is -2.35. The summed E-state index contributed by atoms with van der Waals surface area (Å²) in [5.74, 6) is 1.53. The van der Waals surface area contributed by atoms with Crippen LogP contribution < -0.4 is 19.7 Å². The van der Waals surface area contributed by atoms with E-state index in [0.29, 0.717) is 12.2 Å². The number of carbonyl (C=O) groups excluding carboxylic acids is 1. The Morgan fingerprint density at radius 3 is 2.78 bits per heavy atom. The second-order valence-electron chi connectivity index (χ2n) is 6.55. The van der Waals surface area contributed by atoms with Crippen LogP contribution in [0, 0.1) is 0 Å². The van der Waals surface area contributed by atoms with Crippen molar-refractivity contribution in [3.63, 3.8) is 0 Å². The van der Waals surface area contributed by atoms with Crippen molar-refractivity contribution in [1.82, 2.24) is 5.32 Å². The molecule has 0 aromatic heterocycles. The first kappa shape index (κ1) is 18.8. The van der Waals surface area contributed by atoms with Crippen LogP contribution in [0.4, 0.5) is 5.69 Å². The SMILES string of the molecule is C=CCOc1ccc(C(=O)NC2CCCN(c3ccccc3OC)C2)cc1. The molecule has 1 N–H and O–H groups in total. The Bertz CT molecular complexity index is 773. The molecule has 2 aromatic carbocycles. The van der Waals surface area contributed by atoms with Crippen molar-refractivity contribution in [3.8, 4) is 11.5 Å². The van der Waals surface area contributed by atoms with Crippen LogP contribution in [0.25, 0.3) is 0 Å². The number of anilines is 1. The number of piperidine rings is 1.